The summed E-state index contributed by atoms with van der Waals surface area (Å²) in [6, 6.07) is 8.93. The second kappa shape index (κ2) is 10.7. The van der Waals surface area contributed by atoms with Crippen molar-refractivity contribution in [3.63, 3.8) is 0 Å². The molecule has 3 nitrogen and oxygen atoms in total. The Labute approximate surface area is 123 Å². The molecule has 1 atom stereocenters. The van der Waals surface area contributed by atoms with Crippen LogP contribution >= 0.6 is 0 Å². The van der Waals surface area contributed by atoms with Gasteiger partial charge in [0.05, 0.1) is 6.61 Å². The molecular formula is C17H29NO2. The lowest BCUT2D eigenvalue weighted by atomic mass is 10.0. The molecule has 0 bridgehead atoms. The van der Waals surface area contributed by atoms with Crippen LogP contribution in [0.1, 0.15) is 38.7 Å². The Bertz CT molecular complexity index is 349. The third-order valence-electron chi connectivity index (χ3n) is 3.41. The number of hydrogen-bond donors (Lipinski definition) is 1. The van der Waals surface area contributed by atoms with E-state index in [4.69, 9.17) is 9.47 Å². The Morgan fingerprint density at radius 3 is 2.60 bits per heavy atom. The van der Waals surface area contributed by atoms with Crippen molar-refractivity contribution in [3.05, 3.63) is 29.8 Å². The van der Waals surface area contributed by atoms with Gasteiger partial charge >= 0.3 is 0 Å². The average molecular weight is 279 g/mol. The molecule has 0 saturated carbocycles. The lowest BCUT2D eigenvalue weighted by Crippen LogP contribution is -2.29. The number of benzene rings is 1. The van der Waals surface area contributed by atoms with Crippen LogP contribution in [0.15, 0.2) is 24.3 Å². The zero-order chi connectivity index (χ0) is 14.6. The molecule has 0 aromatic heterocycles. The van der Waals surface area contributed by atoms with Gasteiger partial charge in [0, 0.05) is 13.2 Å². The molecule has 0 aliphatic rings. The van der Waals surface area contributed by atoms with Gasteiger partial charge in [-0.1, -0.05) is 38.5 Å². The SMILES string of the molecule is CCCC(CCc1ccccc1OCCOC)NCC. The lowest BCUT2D eigenvalue weighted by Gasteiger charge is -2.18. The Balaban J connectivity index is 2.52. The predicted molar refractivity (Wildman–Crippen MR) is 84.5 cm³/mol. The van der Waals surface area contributed by atoms with E-state index in [1.807, 2.05) is 12.1 Å². The summed E-state index contributed by atoms with van der Waals surface area (Å²) in [6.07, 6.45) is 4.68. The number of rotatable bonds is 11. The minimum absolute atomic E-state index is 0.608. The summed E-state index contributed by atoms with van der Waals surface area (Å²) in [4.78, 5) is 0. The van der Waals surface area contributed by atoms with Crippen molar-refractivity contribution >= 4 is 0 Å². The zero-order valence-corrected chi connectivity index (χ0v) is 13.2. The average Bonchev–Trinajstić information content (AvgIpc) is 2.47. The first kappa shape index (κ1) is 17.0. The smallest absolute Gasteiger partial charge is 0.122 e. The Morgan fingerprint density at radius 1 is 1.10 bits per heavy atom. The van der Waals surface area contributed by atoms with E-state index in [2.05, 4.69) is 31.3 Å². The van der Waals surface area contributed by atoms with E-state index in [-0.39, 0.29) is 0 Å². The van der Waals surface area contributed by atoms with E-state index in [1.165, 1.54) is 18.4 Å². The fraction of sp³-hybridized carbons (Fsp3) is 0.647. The maximum atomic E-state index is 5.78. The van der Waals surface area contributed by atoms with Crippen LogP contribution in [0, 0.1) is 0 Å². The van der Waals surface area contributed by atoms with Crippen LogP contribution in [-0.4, -0.2) is 32.9 Å². The van der Waals surface area contributed by atoms with Crippen LogP contribution in [0.5, 0.6) is 5.75 Å². The molecule has 3 heteroatoms. The molecule has 0 heterocycles. The summed E-state index contributed by atoms with van der Waals surface area (Å²) in [5.74, 6) is 0.997. The number of para-hydroxylation sites is 1. The maximum Gasteiger partial charge on any atom is 0.122 e. The molecule has 1 rings (SSSR count). The van der Waals surface area contributed by atoms with Crippen molar-refractivity contribution in [1.82, 2.24) is 5.32 Å². The van der Waals surface area contributed by atoms with E-state index < -0.39 is 0 Å². The standard InChI is InChI=1S/C17H29NO2/c1-4-8-16(18-5-2)12-11-15-9-6-7-10-17(15)20-14-13-19-3/h6-7,9-10,16,18H,4-5,8,11-14H2,1-3H3. The van der Waals surface area contributed by atoms with Crippen molar-refractivity contribution in [3.8, 4) is 5.75 Å². The van der Waals surface area contributed by atoms with Gasteiger partial charge in [0.1, 0.15) is 12.4 Å². The van der Waals surface area contributed by atoms with Gasteiger partial charge in [-0.15, -0.1) is 0 Å². The molecule has 0 amide bonds. The van der Waals surface area contributed by atoms with Gasteiger partial charge in [0.25, 0.3) is 0 Å². The van der Waals surface area contributed by atoms with E-state index in [0.717, 1.165) is 25.1 Å². The number of hydrogen-bond acceptors (Lipinski definition) is 3. The van der Waals surface area contributed by atoms with Crippen molar-refractivity contribution in [2.45, 2.75) is 45.6 Å². The van der Waals surface area contributed by atoms with Gasteiger partial charge in [-0.25, -0.2) is 0 Å². The summed E-state index contributed by atoms with van der Waals surface area (Å²) < 4.78 is 10.8. The van der Waals surface area contributed by atoms with E-state index in [0.29, 0.717) is 19.3 Å². The molecule has 0 spiro atoms. The van der Waals surface area contributed by atoms with Crippen LogP contribution in [0.2, 0.25) is 0 Å². The van der Waals surface area contributed by atoms with Gasteiger partial charge in [0.2, 0.25) is 0 Å². The minimum Gasteiger partial charge on any atom is -0.491 e. The van der Waals surface area contributed by atoms with Crippen LogP contribution in [-0.2, 0) is 11.2 Å². The Morgan fingerprint density at radius 2 is 1.90 bits per heavy atom. The minimum atomic E-state index is 0.608. The quantitative estimate of drug-likeness (QED) is 0.630. The van der Waals surface area contributed by atoms with Crippen molar-refractivity contribution < 1.29 is 9.47 Å². The highest BCUT2D eigenvalue weighted by Gasteiger charge is 2.09. The Kier molecular flexibility index (Phi) is 9.09. The van der Waals surface area contributed by atoms with Gasteiger partial charge < -0.3 is 14.8 Å². The summed E-state index contributed by atoms with van der Waals surface area (Å²) in [5.41, 5.74) is 1.29. The number of nitrogens with one attached hydrogen (secondary N) is 1. The molecular weight excluding hydrogens is 250 g/mol. The first-order valence-corrected chi connectivity index (χ1v) is 7.74. The van der Waals surface area contributed by atoms with Crippen LogP contribution < -0.4 is 10.1 Å². The van der Waals surface area contributed by atoms with Crippen molar-refractivity contribution in [2.24, 2.45) is 0 Å². The summed E-state index contributed by atoms with van der Waals surface area (Å²) >= 11 is 0. The molecule has 0 fully saturated rings. The van der Waals surface area contributed by atoms with Gasteiger partial charge in [-0.3, -0.25) is 0 Å². The predicted octanol–water partition coefficient (Wildman–Crippen LogP) is 3.42. The summed E-state index contributed by atoms with van der Waals surface area (Å²) in [5, 5.41) is 3.56. The second-order valence-electron chi connectivity index (χ2n) is 5.03. The third kappa shape index (κ3) is 6.40. The van der Waals surface area contributed by atoms with Crippen LogP contribution in [0.3, 0.4) is 0 Å². The normalized spacial score (nSPS) is 12.3. The number of ether oxygens (including phenoxy) is 2. The first-order chi connectivity index (χ1) is 9.81. The van der Waals surface area contributed by atoms with Gasteiger partial charge in [0.15, 0.2) is 0 Å². The van der Waals surface area contributed by atoms with Crippen molar-refractivity contribution in [1.29, 1.82) is 0 Å². The monoisotopic (exact) mass is 279 g/mol. The summed E-state index contributed by atoms with van der Waals surface area (Å²) in [6.45, 7) is 6.69. The molecule has 0 radical (unpaired) electrons. The highest BCUT2D eigenvalue weighted by atomic mass is 16.5. The molecule has 20 heavy (non-hydrogen) atoms. The first-order valence-electron chi connectivity index (χ1n) is 7.74. The van der Waals surface area contributed by atoms with Gasteiger partial charge in [-0.2, -0.15) is 0 Å². The largest absolute Gasteiger partial charge is 0.491 e. The molecule has 0 aliphatic heterocycles. The highest BCUT2D eigenvalue weighted by molar-refractivity contribution is 5.33. The molecule has 1 aromatic carbocycles. The fourth-order valence-corrected chi connectivity index (χ4v) is 2.40. The van der Waals surface area contributed by atoms with Crippen LogP contribution in [0.25, 0.3) is 0 Å². The third-order valence-corrected chi connectivity index (χ3v) is 3.41. The van der Waals surface area contributed by atoms with E-state index in [1.54, 1.807) is 7.11 Å². The number of aryl methyl sites for hydroxylation is 1. The molecule has 114 valence electrons. The van der Waals surface area contributed by atoms with E-state index in [9.17, 15) is 0 Å². The molecule has 1 N–H and O–H groups in total. The lowest BCUT2D eigenvalue weighted by molar-refractivity contribution is 0.145. The summed E-state index contributed by atoms with van der Waals surface area (Å²) in [7, 11) is 1.70. The number of methoxy groups -OCH3 is 1. The molecule has 1 unspecified atom stereocenters. The van der Waals surface area contributed by atoms with E-state index >= 15 is 0 Å². The van der Waals surface area contributed by atoms with Crippen molar-refractivity contribution in [2.75, 3.05) is 26.9 Å². The highest BCUT2D eigenvalue weighted by Crippen LogP contribution is 2.20. The molecule has 0 saturated heterocycles. The maximum absolute atomic E-state index is 5.78. The Hall–Kier alpha value is -1.06. The topological polar surface area (TPSA) is 30.5 Å². The molecule has 0 aliphatic carbocycles. The van der Waals surface area contributed by atoms with Gasteiger partial charge in [-0.05, 0) is 37.4 Å². The molecule has 1 aromatic rings. The second-order valence-corrected chi connectivity index (χ2v) is 5.03. The van der Waals surface area contributed by atoms with Crippen LogP contribution in [0.4, 0.5) is 0 Å². The fourth-order valence-electron chi connectivity index (χ4n) is 2.40. The zero-order valence-electron chi connectivity index (χ0n) is 13.2.